The van der Waals surface area contributed by atoms with Gasteiger partial charge in [0.15, 0.2) is 0 Å². The molecule has 7 nitrogen and oxygen atoms in total. The molecule has 0 fully saturated rings. The van der Waals surface area contributed by atoms with Gasteiger partial charge in [0.05, 0.1) is 19.4 Å². The highest BCUT2D eigenvalue weighted by Crippen LogP contribution is 2.24. The number of amides is 2. The van der Waals surface area contributed by atoms with E-state index in [2.05, 4.69) is 39.8 Å². The van der Waals surface area contributed by atoms with Gasteiger partial charge < -0.3 is 25.0 Å². The van der Waals surface area contributed by atoms with Crippen LogP contribution >= 0.6 is 0 Å². The van der Waals surface area contributed by atoms with Crippen molar-refractivity contribution in [2.75, 3.05) is 51.1 Å². The molecule has 2 N–H and O–H groups in total. The third kappa shape index (κ3) is 8.83. The summed E-state index contributed by atoms with van der Waals surface area (Å²) in [7, 11) is 3.25. The first-order chi connectivity index (χ1) is 17.6. The number of ether oxygens (including phenoxy) is 2. The Morgan fingerprint density at radius 2 is 1.53 bits per heavy atom. The molecule has 36 heavy (non-hydrogen) atoms. The molecule has 0 heterocycles. The summed E-state index contributed by atoms with van der Waals surface area (Å²) in [5.74, 6) is 0.280. The quantitative estimate of drug-likeness (QED) is 0.338. The molecule has 0 saturated heterocycles. The second kappa shape index (κ2) is 14.7. The minimum absolute atomic E-state index is 0.0632. The molecule has 0 bridgehead atoms. The molecular weight excluding hydrogens is 454 g/mol. The summed E-state index contributed by atoms with van der Waals surface area (Å²) in [6, 6.07) is 24.5. The molecule has 190 valence electrons. The van der Waals surface area contributed by atoms with Crippen molar-refractivity contribution in [1.82, 2.24) is 4.90 Å². The molecule has 0 atom stereocenters. The Kier molecular flexibility index (Phi) is 11.0. The molecule has 0 spiro atoms. The SMILES string of the molecule is COCCN(CCCc1ccccc1)CCC(=O)Nc1ccc(C(=O)Nc2ccccc2OC)cc1. The number of methoxy groups -OCH3 is 2. The van der Waals surface area contributed by atoms with Gasteiger partial charge in [0.25, 0.3) is 5.91 Å². The maximum Gasteiger partial charge on any atom is 0.255 e. The normalized spacial score (nSPS) is 10.8. The number of anilines is 2. The van der Waals surface area contributed by atoms with Crippen LogP contribution in [0.15, 0.2) is 78.9 Å². The molecule has 0 aliphatic heterocycles. The Labute approximate surface area is 213 Å². The number of benzene rings is 3. The fraction of sp³-hybridized carbons (Fsp3) is 0.310. The number of aryl methyl sites for hydroxylation is 1. The van der Waals surface area contributed by atoms with Crippen LogP contribution in [0.5, 0.6) is 5.75 Å². The van der Waals surface area contributed by atoms with E-state index in [9.17, 15) is 9.59 Å². The predicted octanol–water partition coefficient (Wildman–Crippen LogP) is 4.86. The zero-order valence-electron chi connectivity index (χ0n) is 21.0. The molecule has 3 aromatic rings. The lowest BCUT2D eigenvalue weighted by Gasteiger charge is -2.21. The number of para-hydroxylation sites is 2. The van der Waals surface area contributed by atoms with E-state index in [0.29, 0.717) is 42.3 Å². The molecule has 0 unspecified atom stereocenters. The van der Waals surface area contributed by atoms with Crippen molar-refractivity contribution in [2.45, 2.75) is 19.3 Å². The van der Waals surface area contributed by atoms with Gasteiger partial charge in [0.1, 0.15) is 5.75 Å². The summed E-state index contributed by atoms with van der Waals surface area (Å²) in [5.41, 5.74) is 3.07. The number of hydrogen-bond donors (Lipinski definition) is 2. The lowest BCUT2D eigenvalue weighted by Crippen LogP contribution is -2.32. The number of nitrogens with one attached hydrogen (secondary N) is 2. The predicted molar refractivity (Wildman–Crippen MR) is 144 cm³/mol. The second-order valence-electron chi connectivity index (χ2n) is 8.45. The summed E-state index contributed by atoms with van der Waals surface area (Å²) in [6.07, 6.45) is 2.41. The lowest BCUT2D eigenvalue weighted by atomic mass is 10.1. The Hall–Kier alpha value is -3.68. The van der Waals surface area contributed by atoms with Gasteiger partial charge in [0.2, 0.25) is 5.91 Å². The Balaban J connectivity index is 1.46. The number of nitrogens with zero attached hydrogens (tertiary/aromatic N) is 1. The minimum atomic E-state index is -0.248. The molecule has 3 rings (SSSR count). The van der Waals surface area contributed by atoms with Gasteiger partial charge >= 0.3 is 0 Å². The molecule has 0 aliphatic rings. The van der Waals surface area contributed by atoms with Crippen LogP contribution in [0.2, 0.25) is 0 Å². The van der Waals surface area contributed by atoms with Crippen LogP contribution in [0.25, 0.3) is 0 Å². The van der Waals surface area contributed by atoms with Crippen LogP contribution in [0.3, 0.4) is 0 Å². The first-order valence-corrected chi connectivity index (χ1v) is 12.2. The van der Waals surface area contributed by atoms with Crippen LogP contribution in [0, 0.1) is 0 Å². The third-order valence-electron chi connectivity index (χ3n) is 5.84. The van der Waals surface area contributed by atoms with E-state index >= 15 is 0 Å². The molecule has 0 aliphatic carbocycles. The van der Waals surface area contributed by atoms with Crippen LogP contribution in [-0.4, -0.2) is 57.2 Å². The Morgan fingerprint density at radius 1 is 0.806 bits per heavy atom. The van der Waals surface area contributed by atoms with Crippen molar-refractivity contribution in [3.63, 3.8) is 0 Å². The van der Waals surface area contributed by atoms with Crippen molar-refractivity contribution in [1.29, 1.82) is 0 Å². The summed E-state index contributed by atoms with van der Waals surface area (Å²) in [4.78, 5) is 27.4. The molecule has 2 amide bonds. The lowest BCUT2D eigenvalue weighted by molar-refractivity contribution is -0.116. The summed E-state index contributed by atoms with van der Waals surface area (Å²) in [6.45, 7) is 2.98. The van der Waals surface area contributed by atoms with Gasteiger partial charge in [-0.25, -0.2) is 0 Å². The number of carbonyl (C=O) groups is 2. The van der Waals surface area contributed by atoms with E-state index in [-0.39, 0.29) is 11.8 Å². The fourth-order valence-corrected chi connectivity index (χ4v) is 3.84. The number of hydrogen-bond acceptors (Lipinski definition) is 5. The average Bonchev–Trinajstić information content (AvgIpc) is 2.91. The highest BCUT2D eigenvalue weighted by Gasteiger charge is 2.11. The van der Waals surface area contributed by atoms with Crippen LogP contribution in [-0.2, 0) is 16.0 Å². The summed E-state index contributed by atoms with van der Waals surface area (Å²) < 4.78 is 10.5. The largest absolute Gasteiger partial charge is 0.495 e. The van der Waals surface area contributed by atoms with E-state index in [1.165, 1.54) is 5.56 Å². The van der Waals surface area contributed by atoms with Gasteiger partial charge in [-0.05, 0) is 61.3 Å². The highest BCUT2D eigenvalue weighted by atomic mass is 16.5. The minimum Gasteiger partial charge on any atom is -0.495 e. The first-order valence-electron chi connectivity index (χ1n) is 12.2. The maximum atomic E-state index is 12.6. The second-order valence-corrected chi connectivity index (χ2v) is 8.45. The van der Waals surface area contributed by atoms with Crippen LogP contribution in [0.4, 0.5) is 11.4 Å². The monoisotopic (exact) mass is 489 g/mol. The van der Waals surface area contributed by atoms with Crippen molar-refractivity contribution < 1.29 is 19.1 Å². The highest BCUT2D eigenvalue weighted by molar-refractivity contribution is 6.05. The summed E-state index contributed by atoms with van der Waals surface area (Å²) in [5, 5.41) is 5.77. The van der Waals surface area contributed by atoms with Crippen molar-refractivity contribution in [3.8, 4) is 5.75 Å². The van der Waals surface area contributed by atoms with E-state index in [1.54, 1.807) is 50.6 Å². The van der Waals surface area contributed by atoms with Crippen LogP contribution < -0.4 is 15.4 Å². The fourth-order valence-electron chi connectivity index (χ4n) is 3.84. The first kappa shape index (κ1) is 26.9. The number of rotatable bonds is 14. The molecule has 0 saturated carbocycles. The summed E-state index contributed by atoms with van der Waals surface area (Å²) >= 11 is 0. The molecular formula is C29H35N3O4. The van der Waals surface area contributed by atoms with Gasteiger partial charge in [-0.1, -0.05) is 42.5 Å². The van der Waals surface area contributed by atoms with Gasteiger partial charge in [-0.15, -0.1) is 0 Å². The van der Waals surface area contributed by atoms with Gasteiger partial charge in [-0.2, -0.15) is 0 Å². The number of carbonyl (C=O) groups excluding carboxylic acids is 2. The van der Waals surface area contributed by atoms with E-state index in [1.807, 2.05) is 18.2 Å². The maximum absolute atomic E-state index is 12.6. The standard InChI is InChI=1S/C29H35N3O4/c1-35-22-21-32(19-8-11-23-9-4-3-5-10-23)20-18-28(33)30-25-16-14-24(15-17-25)29(34)31-26-12-6-7-13-27(26)36-2/h3-7,9-10,12-17H,8,11,18-22H2,1-2H3,(H,30,33)(H,31,34). The molecule has 7 heteroatoms. The topological polar surface area (TPSA) is 79.9 Å². The Bertz CT molecular complexity index is 1090. The zero-order chi connectivity index (χ0) is 25.6. The van der Waals surface area contributed by atoms with E-state index in [4.69, 9.17) is 9.47 Å². The zero-order valence-corrected chi connectivity index (χ0v) is 21.0. The van der Waals surface area contributed by atoms with Gasteiger partial charge in [-0.3, -0.25) is 9.59 Å². The molecule has 0 aromatic heterocycles. The van der Waals surface area contributed by atoms with E-state index in [0.717, 1.165) is 25.9 Å². The van der Waals surface area contributed by atoms with Crippen molar-refractivity contribution in [2.24, 2.45) is 0 Å². The molecule has 3 aromatic carbocycles. The van der Waals surface area contributed by atoms with Crippen LogP contribution in [0.1, 0.15) is 28.8 Å². The van der Waals surface area contributed by atoms with Gasteiger partial charge in [0, 0.05) is 37.9 Å². The van der Waals surface area contributed by atoms with Crippen molar-refractivity contribution >= 4 is 23.2 Å². The molecule has 0 radical (unpaired) electrons. The van der Waals surface area contributed by atoms with E-state index < -0.39 is 0 Å². The average molecular weight is 490 g/mol. The smallest absolute Gasteiger partial charge is 0.255 e. The Morgan fingerprint density at radius 3 is 2.25 bits per heavy atom. The van der Waals surface area contributed by atoms with Crippen molar-refractivity contribution in [3.05, 3.63) is 90.0 Å². The third-order valence-corrected chi connectivity index (χ3v) is 5.84.